The number of benzene rings is 1. The smallest absolute Gasteiger partial charge is 0.336 e. The van der Waals surface area contributed by atoms with Gasteiger partial charge in [-0.05, 0) is 38.0 Å². The fraction of sp³-hybridized carbons (Fsp3) is 0.333. The van der Waals surface area contributed by atoms with E-state index in [0.717, 1.165) is 0 Å². The van der Waals surface area contributed by atoms with E-state index in [0.29, 0.717) is 28.9 Å². The molecule has 100 valence electrons. The number of carboxylic acids is 1. The van der Waals surface area contributed by atoms with Gasteiger partial charge in [0.25, 0.3) is 5.91 Å². The summed E-state index contributed by atoms with van der Waals surface area (Å²) < 4.78 is 0. The fourth-order valence-electron chi connectivity index (χ4n) is 1.85. The van der Waals surface area contributed by atoms with Crippen molar-refractivity contribution >= 4 is 30.0 Å². The molecule has 0 unspecified atom stereocenters. The second-order valence-electron chi connectivity index (χ2n) is 3.82. The van der Waals surface area contributed by atoms with E-state index in [2.05, 4.69) is 5.32 Å². The molecule has 4 N–H and O–H groups in total. The SMILES string of the molecule is CCNc1c(C)c(C(=O)O)cc(C)c1C(N)=O.Cl. The Kier molecular flexibility index (Phi) is 5.65. The number of aromatic carboxylic acids is 1. The number of rotatable bonds is 4. The van der Waals surface area contributed by atoms with Gasteiger partial charge in [-0.1, -0.05) is 0 Å². The van der Waals surface area contributed by atoms with E-state index in [1.807, 2.05) is 6.92 Å². The number of nitrogens with one attached hydrogen (secondary N) is 1. The molecule has 1 amide bonds. The summed E-state index contributed by atoms with van der Waals surface area (Å²) in [6, 6.07) is 1.47. The Morgan fingerprint density at radius 1 is 1.39 bits per heavy atom. The molecule has 0 atom stereocenters. The molecule has 0 aromatic heterocycles. The zero-order chi connectivity index (χ0) is 13.2. The Labute approximate surface area is 112 Å². The van der Waals surface area contributed by atoms with E-state index in [4.69, 9.17) is 10.8 Å². The van der Waals surface area contributed by atoms with Crippen LogP contribution in [0.4, 0.5) is 5.69 Å². The first-order chi connectivity index (χ1) is 7.90. The van der Waals surface area contributed by atoms with E-state index in [1.165, 1.54) is 6.07 Å². The molecule has 5 nitrogen and oxygen atoms in total. The Bertz CT molecular complexity index is 487. The van der Waals surface area contributed by atoms with Gasteiger partial charge in [0.2, 0.25) is 0 Å². The minimum atomic E-state index is -1.01. The van der Waals surface area contributed by atoms with Crippen LogP contribution < -0.4 is 11.1 Å². The highest BCUT2D eigenvalue weighted by Crippen LogP contribution is 2.27. The first kappa shape index (κ1) is 16.2. The molecule has 0 saturated carbocycles. The van der Waals surface area contributed by atoms with Crippen LogP contribution in [0.5, 0.6) is 0 Å². The summed E-state index contributed by atoms with van der Waals surface area (Å²) >= 11 is 0. The zero-order valence-corrected chi connectivity index (χ0v) is 11.4. The second kappa shape index (κ2) is 6.26. The van der Waals surface area contributed by atoms with E-state index in [-0.39, 0.29) is 18.0 Å². The van der Waals surface area contributed by atoms with E-state index < -0.39 is 11.9 Å². The summed E-state index contributed by atoms with van der Waals surface area (Å²) in [5, 5.41) is 12.1. The standard InChI is InChI=1S/C12H16N2O3.ClH/c1-4-14-10-7(3)8(12(16)17)5-6(2)9(10)11(13)15;/h5,14H,4H2,1-3H3,(H2,13,15)(H,16,17);1H. The van der Waals surface area contributed by atoms with Gasteiger partial charge < -0.3 is 16.2 Å². The van der Waals surface area contributed by atoms with E-state index in [1.54, 1.807) is 13.8 Å². The Morgan fingerprint density at radius 2 is 1.94 bits per heavy atom. The molecule has 0 fully saturated rings. The summed E-state index contributed by atoms with van der Waals surface area (Å²) in [5.74, 6) is -1.57. The predicted octanol–water partition coefficient (Wildman–Crippen LogP) is 1.95. The van der Waals surface area contributed by atoms with Crippen LogP contribution in [0.25, 0.3) is 0 Å². The summed E-state index contributed by atoms with van der Waals surface area (Å²) in [5.41, 5.74) is 7.46. The van der Waals surface area contributed by atoms with Gasteiger partial charge >= 0.3 is 5.97 Å². The van der Waals surface area contributed by atoms with Crippen molar-refractivity contribution in [2.45, 2.75) is 20.8 Å². The van der Waals surface area contributed by atoms with Crippen molar-refractivity contribution < 1.29 is 14.7 Å². The first-order valence-electron chi connectivity index (χ1n) is 5.31. The molecule has 0 radical (unpaired) electrons. The van der Waals surface area contributed by atoms with Crippen LogP contribution in [-0.2, 0) is 0 Å². The highest BCUT2D eigenvalue weighted by atomic mass is 35.5. The van der Waals surface area contributed by atoms with Gasteiger partial charge in [0.05, 0.1) is 16.8 Å². The van der Waals surface area contributed by atoms with Crippen molar-refractivity contribution in [3.05, 3.63) is 28.3 Å². The third kappa shape index (κ3) is 2.92. The molecule has 0 spiro atoms. The quantitative estimate of drug-likeness (QED) is 0.781. The molecule has 0 bridgehead atoms. The second-order valence-corrected chi connectivity index (χ2v) is 3.82. The molecule has 0 aliphatic carbocycles. The van der Waals surface area contributed by atoms with Gasteiger partial charge in [-0.15, -0.1) is 12.4 Å². The van der Waals surface area contributed by atoms with Gasteiger partial charge in [0.15, 0.2) is 0 Å². The molecule has 1 aromatic rings. The average molecular weight is 273 g/mol. The van der Waals surface area contributed by atoms with Gasteiger partial charge in [0, 0.05) is 6.54 Å². The summed E-state index contributed by atoms with van der Waals surface area (Å²) in [4.78, 5) is 22.5. The number of nitrogens with two attached hydrogens (primary N) is 1. The number of carboxylic acid groups (broad SMARTS) is 1. The molecule has 1 rings (SSSR count). The van der Waals surface area contributed by atoms with Crippen molar-refractivity contribution in [2.75, 3.05) is 11.9 Å². The number of primary amides is 1. The minimum Gasteiger partial charge on any atom is -0.478 e. The maximum absolute atomic E-state index is 11.4. The Hall–Kier alpha value is -1.75. The van der Waals surface area contributed by atoms with Crippen molar-refractivity contribution in [3.63, 3.8) is 0 Å². The molecule has 1 aromatic carbocycles. The lowest BCUT2D eigenvalue weighted by atomic mass is 9.96. The molecular formula is C12H17ClN2O3. The monoisotopic (exact) mass is 272 g/mol. The molecular weight excluding hydrogens is 256 g/mol. The van der Waals surface area contributed by atoms with Gasteiger partial charge in [-0.3, -0.25) is 4.79 Å². The number of anilines is 1. The molecule has 0 aliphatic rings. The van der Waals surface area contributed by atoms with E-state index in [9.17, 15) is 9.59 Å². The van der Waals surface area contributed by atoms with Crippen LogP contribution in [0, 0.1) is 13.8 Å². The van der Waals surface area contributed by atoms with Gasteiger partial charge in [0.1, 0.15) is 0 Å². The van der Waals surface area contributed by atoms with Crippen molar-refractivity contribution in [1.29, 1.82) is 0 Å². The Morgan fingerprint density at radius 3 is 2.33 bits per heavy atom. The number of halogens is 1. The third-order valence-electron chi connectivity index (χ3n) is 2.61. The summed E-state index contributed by atoms with van der Waals surface area (Å²) in [7, 11) is 0. The van der Waals surface area contributed by atoms with Crippen LogP contribution in [0.1, 0.15) is 38.8 Å². The normalized spacial score (nSPS) is 9.50. The molecule has 0 saturated heterocycles. The van der Waals surface area contributed by atoms with Gasteiger partial charge in [-0.2, -0.15) is 0 Å². The van der Waals surface area contributed by atoms with Crippen molar-refractivity contribution in [1.82, 2.24) is 0 Å². The average Bonchev–Trinajstić information content (AvgIpc) is 2.22. The van der Waals surface area contributed by atoms with E-state index >= 15 is 0 Å². The predicted molar refractivity (Wildman–Crippen MR) is 72.8 cm³/mol. The molecule has 18 heavy (non-hydrogen) atoms. The van der Waals surface area contributed by atoms with Crippen LogP contribution >= 0.6 is 12.4 Å². The number of amides is 1. The van der Waals surface area contributed by atoms with Crippen LogP contribution in [0.15, 0.2) is 6.07 Å². The lowest BCUT2D eigenvalue weighted by molar-refractivity contribution is 0.0695. The van der Waals surface area contributed by atoms with Crippen LogP contribution in [-0.4, -0.2) is 23.5 Å². The van der Waals surface area contributed by atoms with Crippen LogP contribution in [0.3, 0.4) is 0 Å². The largest absolute Gasteiger partial charge is 0.478 e. The lowest BCUT2D eigenvalue weighted by Crippen LogP contribution is -2.18. The number of hydrogen-bond acceptors (Lipinski definition) is 3. The number of carbonyl (C=O) groups excluding carboxylic acids is 1. The highest BCUT2D eigenvalue weighted by molar-refractivity contribution is 6.03. The van der Waals surface area contributed by atoms with Crippen LogP contribution in [0.2, 0.25) is 0 Å². The minimum absolute atomic E-state index is 0. The third-order valence-corrected chi connectivity index (χ3v) is 2.61. The van der Waals surface area contributed by atoms with Crippen molar-refractivity contribution in [2.24, 2.45) is 5.73 Å². The topological polar surface area (TPSA) is 92.4 Å². The van der Waals surface area contributed by atoms with Crippen molar-refractivity contribution in [3.8, 4) is 0 Å². The maximum Gasteiger partial charge on any atom is 0.336 e. The first-order valence-corrected chi connectivity index (χ1v) is 5.31. The fourth-order valence-corrected chi connectivity index (χ4v) is 1.85. The Balaban J connectivity index is 0.00000289. The number of aryl methyl sites for hydroxylation is 1. The summed E-state index contributed by atoms with van der Waals surface area (Å²) in [6.45, 7) is 5.79. The van der Waals surface area contributed by atoms with Gasteiger partial charge in [-0.25, -0.2) is 4.79 Å². The molecule has 6 heteroatoms. The zero-order valence-electron chi connectivity index (χ0n) is 10.5. The number of hydrogen-bond donors (Lipinski definition) is 3. The molecule has 0 heterocycles. The molecule has 0 aliphatic heterocycles. The highest BCUT2D eigenvalue weighted by Gasteiger charge is 2.19. The summed E-state index contributed by atoms with van der Waals surface area (Å²) in [6.07, 6.45) is 0. The lowest BCUT2D eigenvalue weighted by Gasteiger charge is -2.16. The number of carbonyl (C=O) groups is 2. The maximum atomic E-state index is 11.4.